The van der Waals surface area contributed by atoms with Crippen LogP contribution in [0.25, 0.3) is 22.4 Å². The van der Waals surface area contributed by atoms with Gasteiger partial charge in [-0.1, -0.05) is 17.3 Å². The maximum Gasteiger partial charge on any atom is 0.490 e. The van der Waals surface area contributed by atoms with E-state index in [1.54, 1.807) is 25.4 Å². The molecule has 0 bridgehead atoms. The maximum absolute atomic E-state index is 13.4. The van der Waals surface area contributed by atoms with Gasteiger partial charge in [-0.15, -0.1) is 0 Å². The quantitative estimate of drug-likeness (QED) is 0.252. The Morgan fingerprint density at radius 2 is 1.65 bits per heavy atom. The number of alkyl halides is 3. The number of aromatic nitrogens is 2. The fourth-order valence-corrected chi connectivity index (χ4v) is 3.91. The summed E-state index contributed by atoms with van der Waals surface area (Å²) in [5, 5.41) is 17.8. The van der Waals surface area contributed by atoms with E-state index in [1.165, 1.54) is 17.8 Å². The highest BCUT2D eigenvalue weighted by Gasteiger charge is 2.38. The van der Waals surface area contributed by atoms with Crippen molar-refractivity contribution in [2.24, 2.45) is 0 Å². The van der Waals surface area contributed by atoms with Crippen molar-refractivity contribution in [1.29, 1.82) is 0 Å². The molecule has 3 N–H and O–H groups in total. The molecule has 1 aliphatic rings. The standard InChI is InChI=1S/C25H24FN5O2.C2HF3O2/c1-27-25-23(17-2-4-19(26)5-3-17)24(30-33-25)18-10-11-28-22(16-18)29-20-6-8-21(9-7-20)31-12-14-32-15-13-31;3-2(4,5)1(6)7/h2-11,16,27H,12-15H2,1H3,(H,28,29);(H,6,7). The van der Waals surface area contributed by atoms with Gasteiger partial charge < -0.3 is 29.9 Å². The molecule has 9 nitrogen and oxygen atoms in total. The van der Waals surface area contributed by atoms with Gasteiger partial charge >= 0.3 is 12.1 Å². The van der Waals surface area contributed by atoms with Crippen LogP contribution in [0.2, 0.25) is 0 Å². The van der Waals surface area contributed by atoms with E-state index < -0.39 is 12.1 Å². The number of aliphatic carboxylic acids is 1. The van der Waals surface area contributed by atoms with Gasteiger partial charge in [0, 0.05) is 43.3 Å². The molecular weight excluding hydrogens is 534 g/mol. The largest absolute Gasteiger partial charge is 0.490 e. The van der Waals surface area contributed by atoms with Crippen LogP contribution < -0.4 is 15.5 Å². The van der Waals surface area contributed by atoms with E-state index in [1.807, 2.05) is 24.3 Å². The minimum atomic E-state index is -5.08. The van der Waals surface area contributed by atoms with E-state index in [-0.39, 0.29) is 5.82 Å². The van der Waals surface area contributed by atoms with Crippen molar-refractivity contribution in [2.75, 3.05) is 48.9 Å². The van der Waals surface area contributed by atoms with Gasteiger partial charge in [-0.2, -0.15) is 13.2 Å². The average Bonchev–Trinajstić information content (AvgIpc) is 3.39. The van der Waals surface area contributed by atoms with E-state index in [4.69, 9.17) is 19.2 Å². The molecule has 2 aromatic heterocycles. The van der Waals surface area contributed by atoms with Crippen LogP contribution in [0.4, 0.5) is 40.6 Å². The Bertz CT molecular complexity index is 1420. The Labute approximate surface area is 226 Å². The Morgan fingerprint density at radius 1 is 1.00 bits per heavy atom. The zero-order valence-corrected chi connectivity index (χ0v) is 21.2. The predicted molar refractivity (Wildman–Crippen MR) is 141 cm³/mol. The molecule has 210 valence electrons. The Balaban J connectivity index is 0.000000470. The minimum Gasteiger partial charge on any atom is -0.475 e. The number of carbonyl (C=O) groups is 1. The number of anilines is 4. The molecule has 0 unspecified atom stereocenters. The number of morpholine rings is 1. The first kappa shape index (κ1) is 28.4. The number of hydrogen-bond donors (Lipinski definition) is 3. The van der Waals surface area contributed by atoms with Crippen LogP contribution in [-0.2, 0) is 9.53 Å². The molecule has 0 saturated carbocycles. The zero-order valence-electron chi connectivity index (χ0n) is 21.2. The van der Waals surface area contributed by atoms with Crippen molar-refractivity contribution in [2.45, 2.75) is 6.18 Å². The lowest BCUT2D eigenvalue weighted by Crippen LogP contribution is -2.36. The second-order valence-corrected chi connectivity index (χ2v) is 8.50. The van der Waals surface area contributed by atoms with Crippen LogP contribution in [0.3, 0.4) is 0 Å². The van der Waals surface area contributed by atoms with Crippen molar-refractivity contribution in [3.8, 4) is 22.4 Å². The molecule has 0 aliphatic carbocycles. The van der Waals surface area contributed by atoms with Crippen LogP contribution in [0.1, 0.15) is 0 Å². The molecule has 2 aromatic carbocycles. The fraction of sp³-hybridized carbons (Fsp3) is 0.222. The summed E-state index contributed by atoms with van der Waals surface area (Å²) in [6, 6.07) is 18.3. The molecule has 1 fully saturated rings. The Kier molecular flexibility index (Phi) is 8.84. The molecule has 40 heavy (non-hydrogen) atoms. The zero-order chi connectivity index (χ0) is 28.7. The Hall–Kier alpha value is -4.65. The maximum atomic E-state index is 13.4. The van der Waals surface area contributed by atoms with E-state index >= 15 is 0 Å². The van der Waals surface area contributed by atoms with Crippen molar-refractivity contribution in [3.05, 3.63) is 72.7 Å². The molecule has 5 rings (SSSR count). The van der Waals surface area contributed by atoms with Gasteiger partial charge in [0.05, 0.1) is 18.8 Å². The first-order chi connectivity index (χ1) is 19.2. The number of nitrogens with one attached hydrogen (secondary N) is 2. The lowest BCUT2D eigenvalue weighted by atomic mass is 10.0. The number of benzene rings is 2. The second-order valence-electron chi connectivity index (χ2n) is 8.50. The van der Waals surface area contributed by atoms with Crippen molar-refractivity contribution < 1.29 is 36.7 Å². The van der Waals surface area contributed by atoms with E-state index in [9.17, 15) is 17.6 Å². The first-order valence-electron chi connectivity index (χ1n) is 12.1. The van der Waals surface area contributed by atoms with Crippen LogP contribution in [0, 0.1) is 5.82 Å². The summed E-state index contributed by atoms with van der Waals surface area (Å²) in [5.74, 6) is -1.85. The molecule has 1 saturated heterocycles. The summed E-state index contributed by atoms with van der Waals surface area (Å²) in [6.45, 7) is 3.32. The molecular formula is C27H25F4N5O4. The molecule has 3 heterocycles. The summed E-state index contributed by atoms with van der Waals surface area (Å²) in [5.41, 5.74) is 5.18. The first-order valence-corrected chi connectivity index (χ1v) is 12.1. The minimum absolute atomic E-state index is 0.294. The second kappa shape index (κ2) is 12.5. The van der Waals surface area contributed by atoms with Crippen LogP contribution in [0.5, 0.6) is 0 Å². The van der Waals surface area contributed by atoms with Gasteiger partial charge in [-0.25, -0.2) is 14.2 Å². The van der Waals surface area contributed by atoms with E-state index in [2.05, 4.69) is 37.8 Å². The summed E-state index contributed by atoms with van der Waals surface area (Å²) in [7, 11) is 1.76. The third-order valence-corrected chi connectivity index (χ3v) is 5.84. The fourth-order valence-electron chi connectivity index (χ4n) is 3.91. The number of carboxylic acids is 1. The topological polar surface area (TPSA) is 113 Å². The lowest BCUT2D eigenvalue weighted by Gasteiger charge is -2.28. The SMILES string of the molecule is CNc1onc(-c2ccnc(Nc3ccc(N4CCOCC4)cc3)c2)c1-c1ccc(F)cc1.O=C(O)C(F)(F)F. The lowest BCUT2D eigenvalue weighted by molar-refractivity contribution is -0.192. The van der Waals surface area contributed by atoms with Gasteiger partial charge in [0.15, 0.2) is 0 Å². The number of carboxylic acid groups (broad SMARTS) is 1. The van der Waals surface area contributed by atoms with Gasteiger partial charge in [-0.05, 0) is 54.1 Å². The molecule has 13 heteroatoms. The predicted octanol–water partition coefficient (Wildman–Crippen LogP) is 5.80. The number of ether oxygens (including phenoxy) is 1. The molecule has 4 aromatic rings. The smallest absolute Gasteiger partial charge is 0.475 e. The number of halogens is 4. The summed E-state index contributed by atoms with van der Waals surface area (Å²) < 4.78 is 56.1. The summed E-state index contributed by atoms with van der Waals surface area (Å²) >= 11 is 0. The van der Waals surface area contributed by atoms with Gasteiger partial charge in [0.1, 0.15) is 17.3 Å². The average molecular weight is 560 g/mol. The van der Waals surface area contributed by atoms with Crippen LogP contribution in [-0.4, -0.2) is 60.7 Å². The Morgan fingerprint density at radius 3 is 2.25 bits per heavy atom. The summed E-state index contributed by atoms with van der Waals surface area (Å²) in [4.78, 5) is 15.7. The van der Waals surface area contributed by atoms with Crippen molar-refractivity contribution in [3.63, 3.8) is 0 Å². The van der Waals surface area contributed by atoms with Gasteiger partial charge in [0.25, 0.3) is 0 Å². The molecule has 1 aliphatic heterocycles. The number of rotatable bonds is 6. The normalized spacial score (nSPS) is 13.3. The summed E-state index contributed by atoms with van der Waals surface area (Å²) in [6.07, 6.45) is -3.36. The van der Waals surface area contributed by atoms with Crippen molar-refractivity contribution >= 4 is 29.0 Å². The molecule has 0 radical (unpaired) electrons. The highest BCUT2D eigenvalue weighted by molar-refractivity contribution is 5.88. The highest BCUT2D eigenvalue weighted by atomic mass is 19.4. The molecule has 0 amide bonds. The van der Waals surface area contributed by atoms with Crippen LogP contribution >= 0.6 is 0 Å². The third kappa shape index (κ3) is 7.05. The van der Waals surface area contributed by atoms with Crippen LogP contribution in [0.15, 0.2) is 71.4 Å². The third-order valence-electron chi connectivity index (χ3n) is 5.84. The van der Waals surface area contributed by atoms with E-state index in [0.29, 0.717) is 17.4 Å². The van der Waals surface area contributed by atoms with E-state index in [0.717, 1.165) is 48.7 Å². The molecule has 0 atom stereocenters. The van der Waals surface area contributed by atoms with Crippen molar-refractivity contribution in [1.82, 2.24) is 10.1 Å². The van der Waals surface area contributed by atoms with Gasteiger partial charge in [0.2, 0.25) is 5.88 Å². The number of hydrogen-bond acceptors (Lipinski definition) is 8. The highest BCUT2D eigenvalue weighted by Crippen LogP contribution is 2.38. The number of pyridine rings is 1. The van der Waals surface area contributed by atoms with Gasteiger partial charge in [-0.3, -0.25) is 0 Å². The number of nitrogens with zero attached hydrogens (tertiary/aromatic N) is 3. The monoisotopic (exact) mass is 559 g/mol. The molecule has 0 spiro atoms.